The van der Waals surface area contributed by atoms with E-state index in [2.05, 4.69) is 10.4 Å². The second kappa shape index (κ2) is 8.24. The van der Waals surface area contributed by atoms with Crippen LogP contribution in [0.2, 0.25) is 0 Å². The van der Waals surface area contributed by atoms with Crippen molar-refractivity contribution < 1.29 is 23.8 Å². The zero-order valence-electron chi connectivity index (χ0n) is 16.2. The molecule has 3 aromatic rings. The molecule has 0 aliphatic carbocycles. The largest absolute Gasteiger partial charge is 0.490 e. The second-order valence-corrected chi connectivity index (χ2v) is 6.66. The van der Waals surface area contributed by atoms with Crippen molar-refractivity contribution in [2.75, 3.05) is 25.1 Å². The highest BCUT2D eigenvalue weighted by atomic mass is 16.5. The molecule has 0 saturated carbocycles. The van der Waals surface area contributed by atoms with Crippen molar-refractivity contribution >= 4 is 28.3 Å². The van der Waals surface area contributed by atoms with E-state index in [0.29, 0.717) is 41.2 Å². The third kappa shape index (κ3) is 3.95. The standard InChI is InChI=1S/C21H19N3O6/c1-24-20(26)15-6-3-2-5-14(15)19(23-24)21(27)30-12-18(25)22-13-7-8-16-17(11-13)29-10-4-9-28-16/h2-3,5-8,11H,4,9-10,12H2,1H3,(H,22,25). The Morgan fingerprint density at radius 2 is 1.83 bits per heavy atom. The van der Waals surface area contributed by atoms with Crippen molar-refractivity contribution in [1.29, 1.82) is 0 Å². The van der Waals surface area contributed by atoms with Crippen molar-refractivity contribution in [3.63, 3.8) is 0 Å². The molecule has 2 heterocycles. The van der Waals surface area contributed by atoms with E-state index in [9.17, 15) is 14.4 Å². The molecule has 1 aliphatic heterocycles. The number of esters is 1. The molecule has 2 aromatic carbocycles. The third-order valence-corrected chi connectivity index (χ3v) is 4.52. The smallest absolute Gasteiger partial charge is 0.359 e. The number of carbonyl (C=O) groups excluding carboxylic acids is 2. The summed E-state index contributed by atoms with van der Waals surface area (Å²) in [6, 6.07) is 11.6. The molecule has 0 fully saturated rings. The lowest BCUT2D eigenvalue weighted by atomic mass is 10.1. The predicted molar refractivity (Wildman–Crippen MR) is 108 cm³/mol. The molecule has 9 heteroatoms. The first kappa shape index (κ1) is 19.4. The van der Waals surface area contributed by atoms with Crippen LogP contribution in [-0.2, 0) is 16.6 Å². The van der Waals surface area contributed by atoms with Gasteiger partial charge in [0.2, 0.25) is 0 Å². The van der Waals surface area contributed by atoms with E-state index in [4.69, 9.17) is 14.2 Å². The van der Waals surface area contributed by atoms with Crippen molar-refractivity contribution in [3.8, 4) is 11.5 Å². The average Bonchev–Trinajstić information content (AvgIpc) is 2.99. The molecule has 1 aliphatic rings. The molecule has 1 N–H and O–H groups in total. The highest BCUT2D eigenvalue weighted by Gasteiger charge is 2.18. The fourth-order valence-corrected chi connectivity index (χ4v) is 3.09. The Hall–Kier alpha value is -3.88. The van der Waals surface area contributed by atoms with E-state index in [0.717, 1.165) is 11.1 Å². The van der Waals surface area contributed by atoms with Crippen LogP contribution in [0.4, 0.5) is 5.69 Å². The maximum absolute atomic E-state index is 12.5. The number of benzene rings is 2. The third-order valence-electron chi connectivity index (χ3n) is 4.52. The summed E-state index contributed by atoms with van der Waals surface area (Å²) >= 11 is 0. The van der Waals surface area contributed by atoms with Gasteiger partial charge < -0.3 is 19.5 Å². The minimum absolute atomic E-state index is 0.0314. The van der Waals surface area contributed by atoms with Crippen LogP contribution in [0, 0.1) is 0 Å². The van der Waals surface area contributed by atoms with E-state index in [1.54, 1.807) is 42.5 Å². The van der Waals surface area contributed by atoms with Crippen LogP contribution in [0.25, 0.3) is 10.8 Å². The Labute approximate surface area is 171 Å². The highest BCUT2D eigenvalue weighted by molar-refractivity contribution is 6.03. The van der Waals surface area contributed by atoms with Gasteiger partial charge in [-0.25, -0.2) is 9.48 Å². The van der Waals surface area contributed by atoms with Gasteiger partial charge in [0, 0.05) is 30.6 Å². The summed E-state index contributed by atoms with van der Waals surface area (Å²) in [5.74, 6) is -0.157. The van der Waals surface area contributed by atoms with E-state index >= 15 is 0 Å². The zero-order chi connectivity index (χ0) is 21.1. The molecule has 0 bridgehead atoms. The fourth-order valence-electron chi connectivity index (χ4n) is 3.09. The first-order valence-corrected chi connectivity index (χ1v) is 9.35. The number of nitrogens with one attached hydrogen (secondary N) is 1. The van der Waals surface area contributed by atoms with Crippen LogP contribution in [0.1, 0.15) is 16.9 Å². The van der Waals surface area contributed by atoms with E-state index in [1.807, 2.05) is 0 Å². The number of ether oxygens (including phenoxy) is 3. The molecule has 1 amide bonds. The normalized spacial score (nSPS) is 12.8. The summed E-state index contributed by atoms with van der Waals surface area (Å²) in [6.45, 7) is 0.594. The summed E-state index contributed by atoms with van der Waals surface area (Å²) < 4.78 is 17.3. The molecule has 0 unspecified atom stereocenters. The van der Waals surface area contributed by atoms with E-state index in [1.165, 1.54) is 7.05 Å². The predicted octanol–water partition coefficient (Wildman–Crippen LogP) is 1.89. The van der Waals surface area contributed by atoms with Crippen LogP contribution in [0.15, 0.2) is 47.3 Å². The van der Waals surface area contributed by atoms with Gasteiger partial charge >= 0.3 is 5.97 Å². The van der Waals surface area contributed by atoms with Gasteiger partial charge in [-0.1, -0.05) is 18.2 Å². The van der Waals surface area contributed by atoms with Crippen LogP contribution in [0.3, 0.4) is 0 Å². The van der Waals surface area contributed by atoms with Crippen LogP contribution >= 0.6 is 0 Å². The van der Waals surface area contributed by atoms with E-state index < -0.39 is 18.5 Å². The molecule has 154 valence electrons. The lowest BCUT2D eigenvalue weighted by molar-refractivity contribution is -0.119. The Bertz CT molecular complexity index is 1190. The van der Waals surface area contributed by atoms with Gasteiger partial charge in [-0.3, -0.25) is 9.59 Å². The average molecular weight is 409 g/mol. The van der Waals surface area contributed by atoms with Crippen molar-refractivity contribution in [2.45, 2.75) is 6.42 Å². The summed E-state index contributed by atoms with van der Waals surface area (Å²) in [7, 11) is 1.45. The van der Waals surface area contributed by atoms with E-state index in [-0.39, 0.29) is 11.3 Å². The SMILES string of the molecule is Cn1nc(C(=O)OCC(=O)Nc2ccc3c(c2)OCCCO3)c2ccccc2c1=O. The maximum atomic E-state index is 12.5. The van der Waals surface area contributed by atoms with Gasteiger partial charge in [-0.15, -0.1) is 0 Å². The minimum Gasteiger partial charge on any atom is -0.490 e. The lowest BCUT2D eigenvalue weighted by Crippen LogP contribution is -2.26. The van der Waals surface area contributed by atoms with Gasteiger partial charge in [0.1, 0.15) is 0 Å². The Balaban J connectivity index is 1.44. The number of amides is 1. The number of hydrogen-bond donors (Lipinski definition) is 1. The lowest BCUT2D eigenvalue weighted by Gasteiger charge is -2.11. The van der Waals surface area contributed by atoms with Gasteiger partial charge in [0.05, 0.1) is 18.6 Å². The molecule has 0 atom stereocenters. The molecule has 0 saturated heterocycles. The van der Waals surface area contributed by atoms with Crippen LogP contribution < -0.4 is 20.3 Å². The van der Waals surface area contributed by atoms with Gasteiger partial charge in [0.25, 0.3) is 11.5 Å². The molecule has 4 rings (SSSR count). The molecule has 30 heavy (non-hydrogen) atoms. The summed E-state index contributed by atoms with van der Waals surface area (Å²) in [5, 5.41) is 7.35. The number of carbonyl (C=O) groups is 2. The topological polar surface area (TPSA) is 109 Å². The molecular weight excluding hydrogens is 390 g/mol. The van der Waals surface area contributed by atoms with Gasteiger partial charge in [-0.05, 0) is 18.2 Å². The van der Waals surface area contributed by atoms with Gasteiger partial charge in [-0.2, -0.15) is 5.10 Å². The number of aryl methyl sites for hydroxylation is 1. The summed E-state index contributed by atoms with van der Waals surface area (Å²) in [4.78, 5) is 36.9. The summed E-state index contributed by atoms with van der Waals surface area (Å²) in [6.07, 6.45) is 0.778. The molecule has 0 spiro atoms. The number of rotatable bonds is 4. The number of anilines is 1. The highest BCUT2D eigenvalue weighted by Crippen LogP contribution is 2.32. The number of nitrogens with zero attached hydrogens (tertiary/aromatic N) is 2. The number of hydrogen-bond acceptors (Lipinski definition) is 7. The number of aromatic nitrogens is 2. The minimum atomic E-state index is -0.796. The van der Waals surface area contributed by atoms with Crippen molar-refractivity contribution in [3.05, 3.63) is 58.5 Å². The van der Waals surface area contributed by atoms with Crippen LogP contribution in [-0.4, -0.2) is 41.5 Å². The molecular formula is C21H19N3O6. The number of fused-ring (bicyclic) bond motifs is 2. The van der Waals surface area contributed by atoms with Gasteiger partial charge in [0.15, 0.2) is 23.8 Å². The first-order chi connectivity index (χ1) is 14.5. The summed E-state index contributed by atoms with van der Waals surface area (Å²) in [5.41, 5.74) is 0.136. The Morgan fingerprint density at radius 1 is 1.10 bits per heavy atom. The first-order valence-electron chi connectivity index (χ1n) is 9.35. The fraction of sp³-hybridized carbons (Fsp3) is 0.238. The zero-order valence-corrected chi connectivity index (χ0v) is 16.2. The molecule has 9 nitrogen and oxygen atoms in total. The second-order valence-electron chi connectivity index (χ2n) is 6.66. The monoisotopic (exact) mass is 409 g/mol. The Kier molecular flexibility index (Phi) is 5.34. The molecule has 1 aromatic heterocycles. The molecule has 0 radical (unpaired) electrons. The van der Waals surface area contributed by atoms with Crippen molar-refractivity contribution in [2.24, 2.45) is 7.05 Å². The quantitative estimate of drug-likeness (QED) is 0.656. The Morgan fingerprint density at radius 3 is 2.63 bits per heavy atom. The van der Waals surface area contributed by atoms with Crippen molar-refractivity contribution in [1.82, 2.24) is 9.78 Å². The van der Waals surface area contributed by atoms with Crippen LogP contribution in [0.5, 0.6) is 11.5 Å². The maximum Gasteiger partial charge on any atom is 0.359 e.